The van der Waals surface area contributed by atoms with Crippen LogP contribution in [0.5, 0.6) is 0 Å². The van der Waals surface area contributed by atoms with Gasteiger partial charge in [0.25, 0.3) is 0 Å². The van der Waals surface area contributed by atoms with Crippen LogP contribution in [0.3, 0.4) is 0 Å². The van der Waals surface area contributed by atoms with E-state index in [-0.39, 0.29) is 16.7 Å². The minimum Gasteiger partial charge on any atom is -0.380 e. The summed E-state index contributed by atoms with van der Waals surface area (Å²) in [6.07, 6.45) is 8.02. The van der Waals surface area contributed by atoms with Gasteiger partial charge in [0.1, 0.15) is 5.78 Å². The molecule has 2 fully saturated rings. The molecule has 4 atom stereocenters. The fourth-order valence-electron chi connectivity index (χ4n) is 3.98. The average Bonchev–Trinajstić information content (AvgIpc) is 2.70. The van der Waals surface area contributed by atoms with Crippen molar-refractivity contribution >= 4 is 5.78 Å². The highest BCUT2D eigenvalue weighted by Gasteiger charge is 2.64. The molecule has 0 aromatic carbocycles. The van der Waals surface area contributed by atoms with Crippen molar-refractivity contribution in [1.29, 1.82) is 0 Å². The smallest absolute Gasteiger partial charge is 0.146 e. The van der Waals surface area contributed by atoms with Crippen molar-refractivity contribution in [3.63, 3.8) is 0 Å². The minimum absolute atomic E-state index is 0.0486. The van der Waals surface area contributed by atoms with E-state index in [2.05, 4.69) is 25.7 Å². The number of hydrogen-bond acceptors (Lipinski definition) is 2. The Bertz CT molecular complexity index is 384. The molecule has 2 bridgehead atoms. The summed E-state index contributed by atoms with van der Waals surface area (Å²) >= 11 is 0. The summed E-state index contributed by atoms with van der Waals surface area (Å²) in [7, 11) is 0. The van der Waals surface area contributed by atoms with E-state index in [1.807, 2.05) is 6.08 Å². The van der Waals surface area contributed by atoms with Crippen LogP contribution >= 0.6 is 0 Å². The van der Waals surface area contributed by atoms with E-state index in [0.29, 0.717) is 18.3 Å². The summed E-state index contributed by atoms with van der Waals surface area (Å²) in [5.41, 5.74) is -0.333. The zero-order valence-electron chi connectivity index (χ0n) is 9.74. The third-order valence-electron chi connectivity index (χ3n) is 5.01. The SMILES string of the molecule is C=CC[C@@]1(C)C(=O)[C@H]2C=C[C@@]13COC[C@H]3C2. The van der Waals surface area contributed by atoms with Crippen LogP contribution in [-0.2, 0) is 9.53 Å². The lowest BCUT2D eigenvalue weighted by Gasteiger charge is -2.54. The average molecular weight is 218 g/mol. The van der Waals surface area contributed by atoms with Gasteiger partial charge >= 0.3 is 0 Å². The quantitative estimate of drug-likeness (QED) is 0.665. The molecule has 0 aromatic rings. The molecule has 4 rings (SSSR count). The number of fused-ring (bicyclic) bond motifs is 1. The first-order chi connectivity index (χ1) is 7.64. The van der Waals surface area contributed by atoms with Crippen molar-refractivity contribution in [2.24, 2.45) is 22.7 Å². The van der Waals surface area contributed by atoms with Crippen LogP contribution in [0.2, 0.25) is 0 Å². The van der Waals surface area contributed by atoms with Crippen molar-refractivity contribution in [1.82, 2.24) is 0 Å². The zero-order chi connectivity index (χ0) is 11.4. The van der Waals surface area contributed by atoms with E-state index in [4.69, 9.17) is 4.74 Å². The molecule has 1 saturated heterocycles. The number of hydrogen-bond donors (Lipinski definition) is 0. The van der Waals surface area contributed by atoms with Gasteiger partial charge in [-0.2, -0.15) is 0 Å². The predicted molar refractivity (Wildman–Crippen MR) is 61.9 cm³/mol. The fraction of sp³-hybridized carbons (Fsp3) is 0.643. The third kappa shape index (κ3) is 0.945. The molecule has 3 aliphatic carbocycles. The van der Waals surface area contributed by atoms with Crippen molar-refractivity contribution in [2.75, 3.05) is 13.2 Å². The zero-order valence-corrected chi connectivity index (χ0v) is 9.74. The minimum atomic E-state index is -0.284. The van der Waals surface area contributed by atoms with Gasteiger partial charge in [0.05, 0.1) is 13.2 Å². The van der Waals surface area contributed by atoms with Crippen molar-refractivity contribution < 1.29 is 9.53 Å². The van der Waals surface area contributed by atoms with Crippen LogP contribution < -0.4 is 0 Å². The van der Waals surface area contributed by atoms with Gasteiger partial charge in [0, 0.05) is 16.7 Å². The maximum absolute atomic E-state index is 12.5. The molecule has 0 N–H and O–H groups in total. The standard InChI is InChI=1S/C14H18O2/c1-3-5-13(2)12(15)10-4-6-14(13)9-16-8-11(14)7-10/h3-4,6,10-11H,1,5,7-9H2,2H3/t10-,11+,13-,14-/m0/s1. The van der Waals surface area contributed by atoms with Gasteiger partial charge in [-0.25, -0.2) is 0 Å². The van der Waals surface area contributed by atoms with Crippen LogP contribution in [0.15, 0.2) is 24.8 Å². The second-order valence-electron chi connectivity index (χ2n) is 5.64. The van der Waals surface area contributed by atoms with Gasteiger partial charge in [0.2, 0.25) is 0 Å². The molecule has 2 heteroatoms. The first-order valence-corrected chi connectivity index (χ1v) is 6.06. The Kier molecular flexibility index (Phi) is 1.97. The molecule has 2 nitrogen and oxygen atoms in total. The number of carbonyl (C=O) groups is 1. The van der Waals surface area contributed by atoms with Crippen molar-refractivity contribution in [2.45, 2.75) is 19.8 Å². The van der Waals surface area contributed by atoms with Gasteiger partial charge < -0.3 is 4.74 Å². The summed E-state index contributed by atoms with van der Waals surface area (Å²) in [5, 5.41) is 0. The maximum Gasteiger partial charge on any atom is 0.146 e. The number of carbonyl (C=O) groups excluding carboxylic acids is 1. The van der Waals surface area contributed by atoms with E-state index < -0.39 is 0 Å². The number of ketones is 1. The highest BCUT2D eigenvalue weighted by Crippen LogP contribution is 2.61. The van der Waals surface area contributed by atoms with Gasteiger partial charge in [-0.05, 0) is 18.8 Å². The lowest BCUT2D eigenvalue weighted by atomic mass is 9.46. The molecule has 86 valence electrons. The van der Waals surface area contributed by atoms with Crippen LogP contribution in [-0.4, -0.2) is 19.0 Å². The van der Waals surface area contributed by atoms with Gasteiger partial charge in [0.15, 0.2) is 0 Å². The van der Waals surface area contributed by atoms with Gasteiger partial charge in [-0.3, -0.25) is 4.79 Å². The Morgan fingerprint density at radius 2 is 2.50 bits per heavy atom. The molecular weight excluding hydrogens is 200 g/mol. The molecule has 0 unspecified atom stereocenters. The Hall–Kier alpha value is -0.890. The highest BCUT2D eigenvalue weighted by molar-refractivity contribution is 5.92. The van der Waals surface area contributed by atoms with Gasteiger partial charge in [-0.1, -0.05) is 25.2 Å². The van der Waals surface area contributed by atoms with E-state index in [1.165, 1.54) is 0 Å². The molecule has 0 radical (unpaired) electrons. The predicted octanol–water partition coefficient (Wildman–Crippen LogP) is 2.36. The Morgan fingerprint density at radius 3 is 3.25 bits per heavy atom. The molecule has 4 aliphatic rings. The molecule has 0 amide bonds. The first kappa shape index (κ1) is 10.3. The second kappa shape index (κ2) is 3.07. The fourth-order valence-corrected chi connectivity index (χ4v) is 3.98. The van der Waals surface area contributed by atoms with Crippen molar-refractivity contribution in [3.05, 3.63) is 24.8 Å². The number of allylic oxidation sites excluding steroid dienone is 2. The molecule has 16 heavy (non-hydrogen) atoms. The molecule has 1 spiro atoms. The lowest BCUT2D eigenvalue weighted by Crippen LogP contribution is -2.57. The van der Waals surface area contributed by atoms with E-state index in [1.54, 1.807) is 0 Å². The van der Waals surface area contributed by atoms with Crippen LogP contribution in [0.1, 0.15) is 19.8 Å². The van der Waals surface area contributed by atoms with E-state index in [0.717, 1.165) is 19.4 Å². The maximum atomic E-state index is 12.5. The molecular formula is C14H18O2. The number of rotatable bonds is 2. The molecule has 1 aliphatic heterocycles. The highest BCUT2D eigenvalue weighted by atomic mass is 16.5. The first-order valence-electron chi connectivity index (χ1n) is 6.06. The monoisotopic (exact) mass is 218 g/mol. The molecule has 0 aromatic heterocycles. The summed E-state index contributed by atoms with van der Waals surface area (Å²) in [6, 6.07) is 0. The Balaban J connectivity index is 2.14. The summed E-state index contributed by atoms with van der Waals surface area (Å²) < 4.78 is 5.66. The summed E-state index contributed by atoms with van der Waals surface area (Å²) in [5.74, 6) is 1.06. The molecule has 1 saturated carbocycles. The Morgan fingerprint density at radius 1 is 1.69 bits per heavy atom. The topological polar surface area (TPSA) is 26.3 Å². The van der Waals surface area contributed by atoms with E-state index in [9.17, 15) is 4.79 Å². The normalized spacial score (nSPS) is 49.4. The summed E-state index contributed by atoms with van der Waals surface area (Å²) in [4.78, 5) is 12.5. The molecule has 1 heterocycles. The number of Topliss-reactive ketones (excluding diaryl/α,β-unsaturated/α-hetero) is 1. The third-order valence-corrected chi connectivity index (χ3v) is 5.01. The second-order valence-corrected chi connectivity index (χ2v) is 5.64. The van der Waals surface area contributed by atoms with Gasteiger partial charge in [-0.15, -0.1) is 6.58 Å². The van der Waals surface area contributed by atoms with E-state index >= 15 is 0 Å². The number of ether oxygens (including phenoxy) is 1. The lowest BCUT2D eigenvalue weighted by molar-refractivity contribution is -0.146. The largest absolute Gasteiger partial charge is 0.380 e. The van der Waals surface area contributed by atoms with Crippen LogP contribution in [0, 0.1) is 22.7 Å². The Labute approximate surface area is 96.4 Å². The van der Waals surface area contributed by atoms with Crippen LogP contribution in [0.25, 0.3) is 0 Å². The van der Waals surface area contributed by atoms with Crippen LogP contribution in [0.4, 0.5) is 0 Å². The summed E-state index contributed by atoms with van der Waals surface area (Å²) in [6.45, 7) is 7.44. The van der Waals surface area contributed by atoms with Crippen molar-refractivity contribution in [3.8, 4) is 0 Å².